The van der Waals surface area contributed by atoms with Crippen molar-refractivity contribution in [2.45, 2.75) is 37.4 Å². The van der Waals surface area contributed by atoms with Gasteiger partial charge in [-0.1, -0.05) is 6.92 Å². The molecule has 0 saturated carbocycles. The van der Waals surface area contributed by atoms with Crippen molar-refractivity contribution in [1.29, 1.82) is 5.26 Å². The lowest BCUT2D eigenvalue weighted by Crippen LogP contribution is -2.42. The van der Waals surface area contributed by atoms with Gasteiger partial charge in [0.25, 0.3) is 0 Å². The molecule has 158 valence electrons. The summed E-state index contributed by atoms with van der Waals surface area (Å²) in [4.78, 5) is 6.49. The Morgan fingerprint density at radius 3 is 2.53 bits per heavy atom. The molecule has 2 heterocycles. The van der Waals surface area contributed by atoms with Crippen LogP contribution >= 0.6 is 0 Å². The monoisotopic (exact) mass is 440 g/mol. The van der Waals surface area contributed by atoms with Gasteiger partial charge in [0, 0.05) is 17.1 Å². The quantitative estimate of drug-likeness (QED) is 0.585. The van der Waals surface area contributed by atoms with Crippen LogP contribution in [0.25, 0.3) is 22.3 Å². The largest absolute Gasteiger partial charge is 0.404 e. The zero-order valence-corrected chi connectivity index (χ0v) is 16.6. The number of fused-ring (bicyclic) bond motifs is 1. The number of pyridine rings is 1. The van der Waals surface area contributed by atoms with Gasteiger partial charge in [0.05, 0.1) is 17.0 Å². The standard InChI is InChI=1S/C19H16F4N4O2S/c1-3-11-6-17-13(7-15(11)20)14(8-24)18(26-17)16-5-4-12(9-25-16)30(28,29)27-10(2)19(21,22)23/h4-7,9-10,26-27H,3H2,1-2H3/t10-/m0/s1. The molecule has 11 heteroatoms. The number of aromatic nitrogens is 2. The average molecular weight is 440 g/mol. The third kappa shape index (κ3) is 4.01. The number of aromatic amines is 1. The minimum absolute atomic E-state index is 0.124. The summed E-state index contributed by atoms with van der Waals surface area (Å²) in [7, 11) is -4.45. The summed E-state index contributed by atoms with van der Waals surface area (Å²) in [6, 6.07) is 4.87. The molecule has 0 spiro atoms. The number of nitrogens with one attached hydrogen (secondary N) is 2. The fourth-order valence-corrected chi connectivity index (χ4v) is 4.07. The average Bonchev–Trinajstić information content (AvgIpc) is 3.03. The van der Waals surface area contributed by atoms with Crippen LogP contribution in [0.2, 0.25) is 0 Å². The SMILES string of the molecule is CCc1cc2[nH]c(-c3ccc(S(=O)(=O)N[C@@H](C)C(F)(F)F)cn3)c(C#N)c2cc1F. The van der Waals surface area contributed by atoms with Crippen molar-refractivity contribution in [1.82, 2.24) is 14.7 Å². The molecule has 0 aliphatic carbocycles. The number of benzene rings is 1. The van der Waals surface area contributed by atoms with E-state index in [4.69, 9.17) is 0 Å². The Kier molecular flexibility index (Phi) is 5.58. The Bertz CT molecular complexity index is 1240. The molecular formula is C19H16F4N4O2S. The number of hydrogen-bond acceptors (Lipinski definition) is 4. The third-order valence-electron chi connectivity index (χ3n) is 4.58. The molecule has 0 unspecified atom stereocenters. The molecule has 0 amide bonds. The van der Waals surface area contributed by atoms with Gasteiger partial charge in [0.15, 0.2) is 0 Å². The predicted molar refractivity (Wildman–Crippen MR) is 101 cm³/mol. The van der Waals surface area contributed by atoms with E-state index in [9.17, 15) is 31.2 Å². The van der Waals surface area contributed by atoms with E-state index in [0.29, 0.717) is 29.8 Å². The lowest BCUT2D eigenvalue weighted by molar-refractivity contribution is -0.147. The first-order valence-electron chi connectivity index (χ1n) is 8.77. The first kappa shape index (κ1) is 21.7. The highest BCUT2D eigenvalue weighted by atomic mass is 32.2. The topological polar surface area (TPSA) is 98.6 Å². The smallest absolute Gasteiger partial charge is 0.352 e. The molecule has 3 rings (SSSR count). The number of aryl methyl sites for hydroxylation is 1. The van der Waals surface area contributed by atoms with Crippen LogP contribution < -0.4 is 4.72 Å². The Morgan fingerprint density at radius 1 is 1.30 bits per heavy atom. The molecule has 0 fully saturated rings. The second kappa shape index (κ2) is 7.70. The fraction of sp³-hybridized carbons (Fsp3) is 0.263. The molecular weight excluding hydrogens is 424 g/mol. The second-order valence-electron chi connectivity index (χ2n) is 6.59. The highest BCUT2D eigenvalue weighted by Gasteiger charge is 2.39. The number of nitriles is 1. The second-order valence-corrected chi connectivity index (χ2v) is 8.31. The van der Waals surface area contributed by atoms with Gasteiger partial charge in [-0.2, -0.15) is 23.2 Å². The first-order valence-corrected chi connectivity index (χ1v) is 10.3. The van der Waals surface area contributed by atoms with E-state index in [1.54, 1.807) is 17.7 Å². The van der Waals surface area contributed by atoms with Gasteiger partial charge in [-0.25, -0.2) is 12.8 Å². The minimum Gasteiger partial charge on any atom is -0.352 e. The van der Waals surface area contributed by atoms with Crippen LogP contribution in [0.4, 0.5) is 17.6 Å². The maximum absolute atomic E-state index is 14.1. The van der Waals surface area contributed by atoms with E-state index >= 15 is 0 Å². The summed E-state index contributed by atoms with van der Waals surface area (Å²) in [6.07, 6.45) is -3.39. The van der Waals surface area contributed by atoms with Crippen molar-refractivity contribution in [3.8, 4) is 17.5 Å². The summed E-state index contributed by atoms with van der Waals surface area (Å²) in [5.41, 5.74) is 1.53. The molecule has 2 N–H and O–H groups in total. The number of halogens is 4. The van der Waals surface area contributed by atoms with Gasteiger partial charge < -0.3 is 4.98 Å². The molecule has 0 saturated heterocycles. The van der Waals surface area contributed by atoms with Crippen LogP contribution in [-0.4, -0.2) is 30.6 Å². The van der Waals surface area contributed by atoms with Gasteiger partial charge in [-0.05, 0) is 43.2 Å². The van der Waals surface area contributed by atoms with Crippen LogP contribution in [0.1, 0.15) is 25.0 Å². The molecule has 6 nitrogen and oxygen atoms in total. The van der Waals surface area contributed by atoms with Gasteiger partial charge in [0.1, 0.15) is 22.8 Å². The minimum atomic E-state index is -4.74. The number of nitrogens with zero attached hydrogens (tertiary/aromatic N) is 2. The third-order valence-corrected chi connectivity index (χ3v) is 6.11. The lowest BCUT2D eigenvalue weighted by atomic mass is 10.1. The van der Waals surface area contributed by atoms with E-state index < -0.39 is 33.0 Å². The summed E-state index contributed by atoms with van der Waals surface area (Å²) < 4.78 is 77.9. The highest BCUT2D eigenvalue weighted by molar-refractivity contribution is 7.89. The Morgan fingerprint density at radius 2 is 2.00 bits per heavy atom. The molecule has 0 bridgehead atoms. The van der Waals surface area contributed by atoms with Crippen molar-refractivity contribution >= 4 is 20.9 Å². The van der Waals surface area contributed by atoms with Crippen molar-refractivity contribution in [2.24, 2.45) is 0 Å². The molecule has 0 radical (unpaired) electrons. The maximum Gasteiger partial charge on any atom is 0.404 e. The molecule has 30 heavy (non-hydrogen) atoms. The summed E-state index contributed by atoms with van der Waals surface area (Å²) in [5, 5.41) is 9.86. The fourth-order valence-electron chi connectivity index (χ4n) is 2.89. The maximum atomic E-state index is 14.1. The van der Waals surface area contributed by atoms with Crippen molar-refractivity contribution in [3.05, 3.63) is 47.4 Å². The number of sulfonamides is 1. The van der Waals surface area contributed by atoms with E-state index in [2.05, 4.69) is 9.97 Å². The van der Waals surface area contributed by atoms with Crippen LogP contribution in [-0.2, 0) is 16.4 Å². The van der Waals surface area contributed by atoms with Crippen LogP contribution in [0, 0.1) is 17.1 Å². The van der Waals surface area contributed by atoms with Crippen molar-refractivity contribution in [3.63, 3.8) is 0 Å². The summed E-state index contributed by atoms with van der Waals surface area (Å²) in [6.45, 7) is 2.47. The van der Waals surface area contributed by atoms with Crippen LogP contribution in [0.15, 0.2) is 35.4 Å². The molecule has 0 aliphatic rings. The molecule has 1 atom stereocenters. The Hall–Kier alpha value is -2.97. The molecule has 1 aromatic carbocycles. The Labute approximate surface area is 169 Å². The Balaban J connectivity index is 2.01. The number of alkyl halides is 3. The normalized spacial score (nSPS) is 13.4. The van der Waals surface area contributed by atoms with Crippen molar-refractivity contribution in [2.75, 3.05) is 0 Å². The number of rotatable bonds is 5. The van der Waals surface area contributed by atoms with Crippen LogP contribution in [0.5, 0.6) is 0 Å². The number of hydrogen-bond donors (Lipinski definition) is 2. The molecule has 3 aromatic rings. The van der Waals surface area contributed by atoms with E-state index in [-0.39, 0.29) is 17.0 Å². The van der Waals surface area contributed by atoms with E-state index in [0.717, 1.165) is 12.3 Å². The zero-order chi connectivity index (χ0) is 22.3. The van der Waals surface area contributed by atoms with Gasteiger partial charge in [0.2, 0.25) is 10.0 Å². The van der Waals surface area contributed by atoms with Crippen LogP contribution in [0.3, 0.4) is 0 Å². The molecule has 2 aromatic heterocycles. The zero-order valence-electron chi connectivity index (χ0n) is 15.8. The lowest BCUT2D eigenvalue weighted by Gasteiger charge is -2.17. The van der Waals surface area contributed by atoms with Gasteiger partial charge >= 0.3 is 6.18 Å². The summed E-state index contributed by atoms with van der Waals surface area (Å²) in [5.74, 6) is -0.452. The van der Waals surface area contributed by atoms with E-state index in [1.807, 2.05) is 6.07 Å². The number of H-pyrrole nitrogens is 1. The first-order chi connectivity index (χ1) is 14.0. The predicted octanol–water partition coefficient (Wildman–Crippen LogP) is 4.03. The van der Waals surface area contributed by atoms with Gasteiger partial charge in [-0.3, -0.25) is 4.98 Å². The molecule has 0 aliphatic heterocycles. The van der Waals surface area contributed by atoms with E-state index in [1.165, 1.54) is 12.1 Å². The highest BCUT2D eigenvalue weighted by Crippen LogP contribution is 2.31. The summed E-state index contributed by atoms with van der Waals surface area (Å²) >= 11 is 0. The van der Waals surface area contributed by atoms with Gasteiger partial charge in [-0.15, -0.1) is 0 Å². The van der Waals surface area contributed by atoms with Crippen molar-refractivity contribution < 1.29 is 26.0 Å².